The van der Waals surface area contributed by atoms with Gasteiger partial charge in [0.25, 0.3) is 5.91 Å². The van der Waals surface area contributed by atoms with Crippen LogP contribution in [0.4, 0.5) is 13.2 Å². The minimum Gasteiger partial charge on any atom is -0.369 e. The lowest BCUT2D eigenvalue weighted by Gasteiger charge is -2.24. The molecular weight excluding hydrogens is 313 g/mol. The van der Waals surface area contributed by atoms with Crippen molar-refractivity contribution < 1.29 is 22.8 Å². The number of amides is 2. The van der Waals surface area contributed by atoms with Gasteiger partial charge in [-0.3, -0.25) is 14.3 Å². The Morgan fingerprint density at radius 3 is 2.35 bits per heavy atom. The first kappa shape index (κ1) is 17.3. The zero-order valence-electron chi connectivity index (χ0n) is 13.1. The van der Waals surface area contributed by atoms with E-state index in [9.17, 15) is 22.8 Å². The van der Waals surface area contributed by atoms with E-state index in [1.165, 1.54) is 4.90 Å². The molecule has 0 aromatic carbocycles. The Balaban J connectivity index is 2.39. The molecule has 1 aliphatic rings. The smallest absolute Gasteiger partial charge is 0.369 e. The lowest BCUT2D eigenvalue weighted by Crippen LogP contribution is -2.34. The number of nitrogens with two attached hydrogens (primary N) is 1. The predicted octanol–water partition coefficient (Wildman–Crippen LogP) is 1.60. The largest absolute Gasteiger partial charge is 0.433 e. The SMILES string of the molecule is CC(C)(C)n1ncc(C(=O)N2CCC(C(N)=O)C2)c1C(F)(F)F. The van der Waals surface area contributed by atoms with Crippen molar-refractivity contribution in [2.24, 2.45) is 11.7 Å². The van der Waals surface area contributed by atoms with Crippen molar-refractivity contribution in [1.82, 2.24) is 14.7 Å². The number of halogens is 3. The van der Waals surface area contributed by atoms with Crippen LogP contribution in [0.25, 0.3) is 0 Å². The molecule has 0 spiro atoms. The quantitative estimate of drug-likeness (QED) is 0.893. The molecule has 1 aromatic rings. The molecule has 1 saturated heterocycles. The van der Waals surface area contributed by atoms with Crippen molar-refractivity contribution in [1.29, 1.82) is 0 Å². The van der Waals surface area contributed by atoms with Gasteiger partial charge in [-0.1, -0.05) is 0 Å². The van der Waals surface area contributed by atoms with Gasteiger partial charge in [0, 0.05) is 13.1 Å². The molecule has 6 nitrogen and oxygen atoms in total. The second kappa shape index (κ2) is 5.54. The van der Waals surface area contributed by atoms with Crippen molar-refractivity contribution in [2.75, 3.05) is 13.1 Å². The summed E-state index contributed by atoms with van der Waals surface area (Å²) in [6.45, 7) is 4.95. The molecule has 0 radical (unpaired) electrons. The first-order chi connectivity index (χ1) is 10.4. The summed E-state index contributed by atoms with van der Waals surface area (Å²) in [5, 5.41) is 3.76. The van der Waals surface area contributed by atoms with Gasteiger partial charge in [-0.15, -0.1) is 0 Å². The van der Waals surface area contributed by atoms with Gasteiger partial charge >= 0.3 is 6.18 Å². The van der Waals surface area contributed by atoms with Crippen LogP contribution < -0.4 is 5.73 Å². The van der Waals surface area contributed by atoms with Gasteiger partial charge in [0.05, 0.1) is 23.2 Å². The summed E-state index contributed by atoms with van der Waals surface area (Å²) in [4.78, 5) is 24.8. The highest BCUT2D eigenvalue weighted by Gasteiger charge is 2.44. The number of nitrogens with zero attached hydrogens (tertiary/aromatic N) is 3. The van der Waals surface area contributed by atoms with E-state index in [-0.39, 0.29) is 13.1 Å². The van der Waals surface area contributed by atoms with Crippen LogP contribution in [0.5, 0.6) is 0 Å². The number of hydrogen-bond donors (Lipinski definition) is 1. The lowest BCUT2D eigenvalue weighted by atomic mass is 10.1. The van der Waals surface area contributed by atoms with E-state index in [0.717, 1.165) is 10.9 Å². The summed E-state index contributed by atoms with van der Waals surface area (Å²) in [5.74, 6) is -1.86. The predicted molar refractivity (Wildman–Crippen MR) is 75.4 cm³/mol. The fraction of sp³-hybridized carbons (Fsp3) is 0.643. The topological polar surface area (TPSA) is 81.2 Å². The van der Waals surface area contributed by atoms with E-state index >= 15 is 0 Å². The molecular formula is C14H19F3N4O2. The van der Waals surface area contributed by atoms with Gasteiger partial charge in [0.15, 0.2) is 5.69 Å². The Morgan fingerprint density at radius 1 is 1.30 bits per heavy atom. The molecule has 1 unspecified atom stereocenters. The monoisotopic (exact) mass is 332 g/mol. The fourth-order valence-electron chi connectivity index (χ4n) is 2.63. The van der Waals surface area contributed by atoms with E-state index in [0.29, 0.717) is 6.42 Å². The first-order valence-corrected chi connectivity index (χ1v) is 7.17. The maximum atomic E-state index is 13.4. The van der Waals surface area contributed by atoms with E-state index in [1.54, 1.807) is 20.8 Å². The molecule has 9 heteroatoms. The minimum absolute atomic E-state index is 0.0339. The molecule has 2 N–H and O–H groups in total. The number of aromatic nitrogens is 2. The summed E-state index contributed by atoms with van der Waals surface area (Å²) in [7, 11) is 0. The van der Waals surface area contributed by atoms with Crippen molar-refractivity contribution >= 4 is 11.8 Å². The molecule has 2 heterocycles. The zero-order valence-corrected chi connectivity index (χ0v) is 13.1. The standard InChI is InChI=1S/C14H19F3N4O2/c1-13(2,3)21-10(14(15,16)17)9(6-19-21)12(23)20-5-4-8(7-20)11(18)22/h6,8H,4-5,7H2,1-3H3,(H2,18,22). The average molecular weight is 332 g/mol. The Bertz CT molecular complexity index is 631. The summed E-state index contributed by atoms with van der Waals surface area (Å²) in [6, 6.07) is 0. The van der Waals surface area contributed by atoms with Gasteiger partial charge in [-0.05, 0) is 27.2 Å². The molecule has 2 amide bonds. The summed E-state index contributed by atoms with van der Waals surface area (Å²) >= 11 is 0. The molecule has 0 bridgehead atoms. The molecule has 0 saturated carbocycles. The number of primary amides is 1. The summed E-state index contributed by atoms with van der Waals surface area (Å²) < 4.78 is 41.1. The summed E-state index contributed by atoms with van der Waals surface area (Å²) in [6.07, 6.45) is -3.42. The number of alkyl halides is 3. The molecule has 23 heavy (non-hydrogen) atoms. The van der Waals surface area contributed by atoms with Crippen molar-refractivity contribution in [3.8, 4) is 0 Å². The number of hydrogen-bond acceptors (Lipinski definition) is 3. The molecule has 128 valence electrons. The molecule has 1 aliphatic heterocycles. The van der Waals surface area contributed by atoms with Crippen molar-refractivity contribution in [3.05, 3.63) is 17.5 Å². The van der Waals surface area contributed by atoms with E-state index in [4.69, 9.17) is 5.73 Å². The van der Waals surface area contributed by atoms with Gasteiger partial charge in [0.1, 0.15) is 0 Å². The highest BCUT2D eigenvalue weighted by atomic mass is 19.4. The van der Waals surface area contributed by atoms with Crippen LogP contribution in [0.2, 0.25) is 0 Å². The fourth-order valence-corrected chi connectivity index (χ4v) is 2.63. The number of carbonyl (C=O) groups is 2. The van der Waals surface area contributed by atoms with Crippen LogP contribution >= 0.6 is 0 Å². The molecule has 1 atom stereocenters. The van der Waals surface area contributed by atoms with E-state index in [2.05, 4.69) is 5.10 Å². The highest BCUT2D eigenvalue weighted by Crippen LogP contribution is 2.35. The Kier molecular flexibility index (Phi) is 4.16. The minimum atomic E-state index is -4.71. The van der Waals surface area contributed by atoms with E-state index in [1.807, 2.05) is 0 Å². The van der Waals surface area contributed by atoms with Crippen LogP contribution in [0.1, 0.15) is 43.2 Å². The molecule has 0 aliphatic carbocycles. The third-order valence-corrected chi connectivity index (χ3v) is 3.78. The average Bonchev–Trinajstić information content (AvgIpc) is 3.03. The van der Waals surface area contributed by atoms with Gasteiger partial charge in [-0.25, -0.2) is 0 Å². The van der Waals surface area contributed by atoms with Gasteiger partial charge < -0.3 is 10.6 Å². The Labute approximate surface area is 131 Å². The highest BCUT2D eigenvalue weighted by molar-refractivity contribution is 5.96. The maximum absolute atomic E-state index is 13.4. The number of rotatable bonds is 2. The molecule has 2 rings (SSSR count). The van der Waals surface area contributed by atoms with Crippen LogP contribution in [0.3, 0.4) is 0 Å². The second-order valence-electron chi connectivity index (χ2n) is 6.63. The molecule has 1 fully saturated rings. The Morgan fingerprint density at radius 2 is 1.91 bits per heavy atom. The van der Waals surface area contributed by atoms with Gasteiger partial charge in [-0.2, -0.15) is 18.3 Å². The Hall–Kier alpha value is -2.06. The molecule has 1 aromatic heterocycles. The van der Waals surface area contributed by atoms with Crippen molar-refractivity contribution in [2.45, 2.75) is 38.9 Å². The normalized spacial score (nSPS) is 19.2. The van der Waals surface area contributed by atoms with Crippen LogP contribution in [0, 0.1) is 5.92 Å². The van der Waals surface area contributed by atoms with E-state index < -0.39 is 40.7 Å². The second-order valence-corrected chi connectivity index (χ2v) is 6.63. The summed E-state index contributed by atoms with van der Waals surface area (Å²) in [5.41, 5.74) is 2.69. The third-order valence-electron chi connectivity index (χ3n) is 3.78. The zero-order chi connectivity index (χ0) is 17.6. The number of carbonyl (C=O) groups excluding carboxylic acids is 2. The maximum Gasteiger partial charge on any atom is 0.433 e. The lowest BCUT2D eigenvalue weighted by molar-refractivity contribution is -0.146. The first-order valence-electron chi connectivity index (χ1n) is 7.17. The number of likely N-dealkylation sites (tertiary alicyclic amines) is 1. The van der Waals surface area contributed by atoms with Crippen LogP contribution in [0.15, 0.2) is 6.20 Å². The van der Waals surface area contributed by atoms with Crippen LogP contribution in [-0.4, -0.2) is 39.6 Å². The van der Waals surface area contributed by atoms with Crippen LogP contribution in [-0.2, 0) is 16.5 Å². The van der Waals surface area contributed by atoms with Gasteiger partial charge in [0.2, 0.25) is 5.91 Å². The third kappa shape index (κ3) is 3.32. The van der Waals surface area contributed by atoms with Crippen molar-refractivity contribution in [3.63, 3.8) is 0 Å².